The first kappa shape index (κ1) is 22.4. The number of aliphatic carboxylic acids is 1. The van der Waals surface area contributed by atoms with E-state index in [1.165, 1.54) is 0 Å². The minimum absolute atomic E-state index is 0.0376. The van der Waals surface area contributed by atoms with Gasteiger partial charge < -0.3 is 20.1 Å². The minimum Gasteiger partial charge on any atom is -0.481 e. The van der Waals surface area contributed by atoms with Crippen LogP contribution in [0.25, 0.3) is 11.1 Å². The van der Waals surface area contributed by atoms with Gasteiger partial charge >= 0.3 is 12.1 Å². The lowest BCUT2D eigenvalue weighted by atomic mass is 9.95. The van der Waals surface area contributed by atoms with Crippen LogP contribution in [0.2, 0.25) is 0 Å². The van der Waals surface area contributed by atoms with Gasteiger partial charge in [0, 0.05) is 19.0 Å². The predicted molar refractivity (Wildman–Crippen MR) is 126 cm³/mol. The second-order valence-electron chi connectivity index (χ2n) is 9.86. The zero-order valence-electron chi connectivity index (χ0n) is 19.3. The lowest BCUT2D eigenvalue weighted by Gasteiger charge is -2.24. The molecule has 0 bridgehead atoms. The molecule has 178 valence electrons. The molecule has 2 amide bonds. The van der Waals surface area contributed by atoms with E-state index in [1.807, 2.05) is 31.2 Å². The Morgan fingerprint density at radius 2 is 1.65 bits per heavy atom. The highest BCUT2D eigenvalue weighted by Gasteiger charge is 2.43. The molecular weight excluding hydrogens is 432 g/mol. The van der Waals surface area contributed by atoms with E-state index in [9.17, 15) is 14.4 Å². The maximum Gasteiger partial charge on any atom is 0.407 e. The van der Waals surface area contributed by atoms with Gasteiger partial charge in [0.25, 0.3) is 0 Å². The molecule has 2 aromatic rings. The Balaban J connectivity index is 1.23. The van der Waals surface area contributed by atoms with Crippen molar-refractivity contribution in [3.63, 3.8) is 0 Å². The number of ether oxygens (including phenoxy) is 1. The molecule has 2 aromatic carbocycles. The van der Waals surface area contributed by atoms with Crippen molar-refractivity contribution < 1.29 is 24.2 Å². The van der Waals surface area contributed by atoms with Gasteiger partial charge in [-0.1, -0.05) is 55.5 Å². The van der Waals surface area contributed by atoms with Crippen LogP contribution in [0.5, 0.6) is 0 Å². The van der Waals surface area contributed by atoms with E-state index < -0.39 is 18.1 Å². The van der Waals surface area contributed by atoms with E-state index in [0.29, 0.717) is 13.1 Å². The lowest BCUT2D eigenvalue weighted by molar-refractivity contribution is -0.139. The number of fused-ring (bicyclic) bond motifs is 3. The first-order valence-electron chi connectivity index (χ1n) is 12.0. The highest BCUT2D eigenvalue weighted by molar-refractivity contribution is 5.87. The standard InChI is InChI=1S/C27H30N2O5/c1-16-13-29(14-18(16)12-24(30)31)26(32)25(17-10-11-17)28-27(33)34-15-23-21-8-4-2-6-19(21)20-7-3-5-9-22(20)23/h2-9,16-18,23,25H,10-15H2,1H3,(H,28,33)(H,30,31). The van der Waals surface area contributed by atoms with Crippen LogP contribution in [0.1, 0.15) is 43.2 Å². The number of carbonyl (C=O) groups is 3. The van der Waals surface area contributed by atoms with E-state index in [0.717, 1.165) is 35.1 Å². The topological polar surface area (TPSA) is 95.9 Å². The molecule has 0 aromatic heterocycles. The second-order valence-corrected chi connectivity index (χ2v) is 9.86. The SMILES string of the molecule is CC1CN(C(=O)C(NC(=O)OCC2c3ccccc3-c3ccccc32)C2CC2)CC1CC(=O)O. The number of benzene rings is 2. The first-order valence-corrected chi connectivity index (χ1v) is 12.0. The third-order valence-corrected chi connectivity index (χ3v) is 7.49. The molecule has 1 aliphatic heterocycles. The number of nitrogens with one attached hydrogen (secondary N) is 1. The molecule has 2 N–H and O–H groups in total. The number of carboxylic acid groups (broad SMARTS) is 1. The highest BCUT2D eigenvalue weighted by atomic mass is 16.5. The zero-order chi connectivity index (χ0) is 23.8. The van der Waals surface area contributed by atoms with Gasteiger partial charge in [-0.2, -0.15) is 0 Å². The number of amides is 2. The van der Waals surface area contributed by atoms with Gasteiger partial charge in [0.05, 0.1) is 6.42 Å². The van der Waals surface area contributed by atoms with E-state index in [-0.39, 0.29) is 42.6 Å². The monoisotopic (exact) mass is 462 g/mol. The Morgan fingerprint density at radius 3 is 2.24 bits per heavy atom. The molecule has 1 saturated carbocycles. The molecule has 0 radical (unpaired) electrons. The van der Waals surface area contributed by atoms with Gasteiger partial charge in [0.15, 0.2) is 0 Å². The Hall–Kier alpha value is -3.35. The minimum atomic E-state index is -0.846. The second kappa shape index (κ2) is 9.12. The Bertz CT molecular complexity index is 1070. The van der Waals surface area contributed by atoms with Gasteiger partial charge in [0.1, 0.15) is 12.6 Å². The van der Waals surface area contributed by atoms with Crippen LogP contribution in [0.4, 0.5) is 4.79 Å². The van der Waals surface area contributed by atoms with Crippen LogP contribution in [0.3, 0.4) is 0 Å². The fraction of sp³-hybridized carbons (Fsp3) is 0.444. The molecule has 7 heteroatoms. The number of hydrogen-bond donors (Lipinski definition) is 2. The molecule has 5 rings (SSSR count). The smallest absolute Gasteiger partial charge is 0.407 e. The summed E-state index contributed by atoms with van der Waals surface area (Å²) in [6.45, 7) is 3.12. The van der Waals surface area contributed by atoms with Gasteiger partial charge in [-0.3, -0.25) is 9.59 Å². The maximum atomic E-state index is 13.2. The van der Waals surface area contributed by atoms with Crippen molar-refractivity contribution in [2.75, 3.05) is 19.7 Å². The number of hydrogen-bond acceptors (Lipinski definition) is 4. The third kappa shape index (κ3) is 4.39. The molecule has 2 aliphatic carbocycles. The Morgan fingerprint density at radius 1 is 1.03 bits per heavy atom. The number of nitrogens with zero attached hydrogens (tertiary/aromatic N) is 1. The van der Waals surface area contributed by atoms with E-state index >= 15 is 0 Å². The summed E-state index contributed by atoms with van der Waals surface area (Å²) in [4.78, 5) is 38.9. The molecule has 7 nitrogen and oxygen atoms in total. The summed E-state index contributed by atoms with van der Waals surface area (Å²) in [6, 6.07) is 15.7. The summed E-state index contributed by atoms with van der Waals surface area (Å²) in [5, 5.41) is 12.0. The Kier molecular flexibility index (Phi) is 6.02. The summed E-state index contributed by atoms with van der Waals surface area (Å²) >= 11 is 0. The molecule has 3 atom stereocenters. The molecule has 1 saturated heterocycles. The summed E-state index contributed by atoms with van der Waals surface area (Å²) in [7, 11) is 0. The van der Waals surface area contributed by atoms with Gasteiger partial charge in [-0.25, -0.2) is 4.79 Å². The average molecular weight is 463 g/mol. The highest BCUT2D eigenvalue weighted by Crippen LogP contribution is 2.44. The van der Waals surface area contributed by atoms with Crippen LogP contribution in [0.15, 0.2) is 48.5 Å². The van der Waals surface area contributed by atoms with E-state index in [4.69, 9.17) is 9.84 Å². The first-order chi connectivity index (χ1) is 16.4. The summed E-state index contributed by atoms with van der Waals surface area (Å²) in [5.74, 6) is -0.839. The van der Waals surface area contributed by atoms with Crippen LogP contribution in [-0.4, -0.2) is 53.7 Å². The maximum absolute atomic E-state index is 13.2. The average Bonchev–Trinajstić information content (AvgIpc) is 3.53. The fourth-order valence-corrected chi connectivity index (χ4v) is 5.48. The molecule has 1 heterocycles. The van der Waals surface area contributed by atoms with Gasteiger partial charge in [-0.15, -0.1) is 0 Å². The van der Waals surface area contributed by atoms with Crippen molar-refractivity contribution >= 4 is 18.0 Å². The number of rotatable bonds is 7. The zero-order valence-corrected chi connectivity index (χ0v) is 19.3. The lowest BCUT2D eigenvalue weighted by Crippen LogP contribution is -2.49. The molecular formula is C27H30N2O5. The molecule has 0 spiro atoms. The van der Waals surface area contributed by atoms with Gasteiger partial charge in [-0.05, 0) is 52.8 Å². The summed E-state index contributed by atoms with van der Waals surface area (Å²) in [5.41, 5.74) is 4.61. The largest absolute Gasteiger partial charge is 0.481 e. The third-order valence-electron chi connectivity index (χ3n) is 7.49. The van der Waals surface area contributed by atoms with Crippen molar-refractivity contribution in [3.05, 3.63) is 59.7 Å². The quantitative estimate of drug-likeness (QED) is 0.651. The van der Waals surface area contributed by atoms with Gasteiger partial charge in [0.2, 0.25) is 5.91 Å². The summed E-state index contributed by atoms with van der Waals surface area (Å²) in [6.07, 6.45) is 1.25. The molecule has 3 aliphatic rings. The number of likely N-dealkylation sites (tertiary alicyclic amines) is 1. The van der Waals surface area contributed by atoms with Crippen LogP contribution in [0, 0.1) is 17.8 Å². The molecule has 34 heavy (non-hydrogen) atoms. The van der Waals surface area contributed by atoms with Crippen molar-refractivity contribution in [2.45, 2.75) is 38.1 Å². The van der Waals surface area contributed by atoms with Crippen LogP contribution >= 0.6 is 0 Å². The van der Waals surface area contributed by atoms with Crippen molar-refractivity contribution in [1.29, 1.82) is 0 Å². The van der Waals surface area contributed by atoms with Crippen LogP contribution in [-0.2, 0) is 14.3 Å². The van der Waals surface area contributed by atoms with E-state index in [2.05, 4.69) is 29.6 Å². The molecule has 3 unspecified atom stereocenters. The number of carboxylic acids is 1. The van der Waals surface area contributed by atoms with Crippen molar-refractivity contribution in [1.82, 2.24) is 10.2 Å². The van der Waals surface area contributed by atoms with Crippen molar-refractivity contribution in [2.24, 2.45) is 17.8 Å². The van der Waals surface area contributed by atoms with Crippen LogP contribution < -0.4 is 5.32 Å². The fourth-order valence-electron chi connectivity index (χ4n) is 5.48. The molecule has 2 fully saturated rings. The Labute approximate surface area is 199 Å². The predicted octanol–water partition coefficient (Wildman–Crippen LogP) is 3.87. The number of alkyl carbamates (subject to hydrolysis) is 1. The normalized spacial score (nSPS) is 22.1. The summed E-state index contributed by atoms with van der Waals surface area (Å²) < 4.78 is 5.66. The van der Waals surface area contributed by atoms with E-state index in [1.54, 1.807) is 4.90 Å². The number of carbonyl (C=O) groups excluding carboxylic acids is 2. The van der Waals surface area contributed by atoms with Crippen molar-refractivity contribution in [3.8, 4) is 11.1 Å².